The van der Waals surface area contributed by atoms with Crippen LogP contribution in [-0.4, -0.2) is 27.8 Å². The Morgan fingerprint density at radius 3 is 2.78 bits per heavy atom. The Morgan fingerprint density at radius 2 is 2.19 bits per heavy atom. The van der Waals surface area contributed by atoms with Crippen molar-refractivity contribution in [1.29, 1.82) is 5.26 Å². The maximum Gasteiger partial charge on any atom is 0.261 e. The Labute approximate surface area is 161 Å². The molecule has 0 saturated heterocycles. The standard InChI is InChI=1S/C20H20N4O2S/c1-11(2)26-17-12(8-21)9-23-16-6-5-14(7-15(16)17)20(22,13-3-4-13)18-19(25)24-10-27-18/h5-7,9-11,13,18H,3-4,22H2,1-2H3. The van der Waals surface area contributed by atoms with Crippen LogP contribution in [0, 0.1) is 17.2 Å². The van der Waals surface area contributed by atoms with E-state index in [1.165, 1.54) is 18.0 Å². The average Bonchev–Trinajstić information content (AvgIpc) is 3.42. The third kappa shape index (κ3) is 2.99. The molecule has 1 saturated carbocycles. The highest BCUT2D eigenvalue weighted by Crippen LogP contribution is 2.50. The lowest BCUT2D eigenvalue weighted by atomic mass is 9.81. The summed E-state index contributed by atoms with van der Waals surface area (Å²) in [4.78, 5) is 20.6. The van der Waals surface area contributed by atoms with Gasteiger partial charge in [-0.15, -0.1) is 0 Å². The van der Waals surface area contributed by atoms with Crippen molar-refractivity contribution in [3.8, 4) is 11.8 Å². The molecule has 0 bridgehead atoms. The number of aromatic nitrogens is 1. The molecule has 2 aromatic rings. The van der Waals surface area contributed by atoms with Gasteiger partial charge in [0.1, 0.15) is 22.6 Å². The minimum absolute atomic E-state index is 0.0854. The fourth-order valence-corrected chi connectivity index (χ4v) is 4.65. The first-order valence-corrected chi connectivity index (χ1v) is 9.90. The minimum atomic E-state index is -0.801. The molecular formula is C20H20N4O2S. The maximum atomic E-state index is 12.3. The summed E-state index contributed by atoms with van der Waals surface area (Å²) < 4.78 is 5.94. The number of hydrogen-bond donors (Lipinski definition) is 1. The molecule has 1 aromatic heterocycles. The third-order valence-electron chi connectivity index (χ3n) is 5.08. The van der Waals surface area contributed by atoms with Crippen molar-refractivity contribution in [2.45, 2.75) is 43.6 Å². The number of nitrogens with zero attached hydrogens (tertiary/aromatic N) is 3. The lowest BCUT2D eigenvalue weighted by molar-refractivity contribution is -0.118. The van der Waals surface area contributed by atoms with Gasteiger partial charge in [0.15, 0.2) is 0 Å². The molecule has 138 valence electrons. The van der Waals surface area contributed by atoms with Gasteiger partial charge in [0.2, 0.25) is 0 Å². The molecular weight excluding hydrogens is 360 g/mol. The number of pyridine rings is 1. The number of amides is 1. The summed E-state index contributed by atoms with van der Waals surface area (Å²) in [7, 11) is 0. The predicted octanol–water partition coefficient (Wildman–Crippen LogP) is 3.13. The van der Waals surface area contributed by atoms with Gasteiger partial charge in [0, 0.05) is 11.6 Å². The average molecular weight is 380 g/mol. The van der Waals surface area contributed by atoms with Crippen molar-refractivity contribution in [3.63, 3.8) is 0 Å². The van der Waals surface area contributed by atoms with E-state index in [0.29, 0.717) is 11.3 Å². The molecule has 6 nitrogen and oxygen atoms in total. The van der Waals surface area contributed by atoms with Gasteiger partial charge in [-0.25, -0.2) is 4.99 Å². The van der Waals surface area contributed by atoms with Crippen molar-refractivity contribution >= 4 is 34.1 Å². The molecule has 1 fully saturated rings. The van der Waals surface area contributed by atoms with Crippen molar-refractivity contribution in [1.82, 2.24) is 4.98 Å². The molecule has 2 aliphatic rings. The van der Waals surface area contributed by atoms with Crippen molar-refractivity contribution in [3.05, 3.63) is 35.5 Å². The van der Waals surface area contributed by atoms with Crippen LogP contribution in [0.1, 0.15) is 37.8 Å². The van der Waals surface area contributed by atoms with E-state index >= 15 is 0 Å². The van der Waals surface area contributed by atoms with Crippen LogP contribution in [0.4, 0.5) is 0 Å². The first-order chi connectivity index (χ1) is 12.9. The van der Waals surface area contributed by atoms with Crippen molar-refractivity contribution in [2.75, 3.05) is 0 Å². The van der Waals surface area contributed by atoms with Crippen molar-refractivity contribution < 1.29 is 9.53 Å². The number of nitriles is 1. The summed E-state index contributed by atoms with van der Waals surface area (Å²) in [5.74, 6) is 0.566. The highest BCUT2D eigenvalue weighted by atomic mass is 32.2. The van der Waals surface area contributed by atoms with E-state index < -0.39 is 10.8 Å². The Hall–Kier alpha value is -2.43. The predicted molar refractivity (Wildman–Crippen MR) is 106 cm³/mol. The summed E-state index contributed by atoms with van der Waals surface area (Å²) in [5, 5.41) is 9.78. The number of carbonyl (C=O) groups excluding carboxylic acids is 1. The Morgan fingerprint density at radius 1 is 1.41 bits per heavy atom. The number of nitrogens with two attached hydrogens (primary N) is 1. The molecule has 1 aromatic carbocycles. The van der Waals surface area contributed by atoms with Crippen LogP contribution in [0.2, 0.25) is 0 Å². The molecule has 27 heavy (non-hydrogen) atoms. The molecule has 2 N–H and O–H groups in total. The van der Waals surface area contributed by atoms with E-state index in [2.05, 4.69) is 16.0 Å². The number of thioether (sulfide) groups is 1. The number of carbonyl (C=O) groups is 1. The third-order valence-corrected chi connectivity index (χ3v) is 6.17. The quantitative estimate of drug-likeness (QED) is 0.855. The van der Waals surface area contributed by atoms with E-state index in [1.807, 2.05) is 32.0 Å². The zero-order valence-electron chi connectivity index (χ0n) is 15.2. The number of fused-ring (bicyclic) bond motifs is 1. The zero-order chi connectivity index (χ0) is 19.2. The van der Waals surface area contributed by atoms with Crippen LogP contribution in [0.3, 0.4) is 0 Å². The molecule has 1 amide bonds. The summed E-state index contributed by atoms with van der Waals surface area (Å²) in [5.41, 5.74) is 9.64. The molecule has 0 radical (unpaired) electrons. The monoisotopic (exact) mass is 380 g/mol. The zero-order valence-corrected chi connectivity index (χ0v) is 16.0. The molecule has 1 aliphatic carbocycles. The van der Waals surface area contributed by atoms with E-state index in [0.717, 1.165) is 29.3 Å². The Balaban J connectivity index is 1.89. The molecule has 0 spiro atoms. The highest BCUT2D eigenvalue weighted by Gasteiger charge is 2.53. The topological polar surface area (TPSA) is 101 Å². The number of rotatable bonds is 5. The molecule has 7 heteroatoms. The normalized spacial score (nSPS) is 21.4. The first kappa shape index (κ1) is 18.0. The lowest BCUT2D eigenvalue weighted by Crippen LogP contribution is -2.50. The van der Waals surface area contributed by atoms with E-state index in [-0.39, 0.29) is 17.9 Å². The van der Waals surface area contributed by atoms with Crippen molar-refractivity contribution in [2.24, 2.45) is 16.6 Å². The van der Waals surface area contributed by atoms with Gasteiger partial charge >= 0.3 is 0 Å². The van der Waals surface area contributed by atoms with E-state index in [1.54, 1.807) is 5.55 Å². The lowest BCUT2D eigenvalue weighted by Gasteiger charge is -2.34. The second-order valence-corrected chi connectivity index (χ2v) is 8.26. The molecule has 2 heterocycles. The van der Waals surface area contributed by atoms with Gasteiger partial charge in [0.25, 0.3) is 5.91 Å². The largest absolute Gasteiger partial charge is 0.489 e. The van der Waals surface area contributed by atoms with Gasteiger partial charge in [0.05, 0.1) is 22.7 Å². The van der Waals surface area contributed by atoms with Gasteiger partial charge in [-0.2, -0.15) is 5.26 Å². The highest BCUT2D eigenvalue weighted by molar-refractivity contribution is 8.13. The molecule has 1 aliphatic heterocycles. The summed E-state index contributed by atoms with van der Waals surface area (Å²) in [6.07, 6.45) is 3.42. The molecule has 2 unspecified atom stereocenters. The summed E-state index contributed by atoms with van der Waals surface area (Å²) in [6, 6.07) is 7.91. The minimum Gasteiger partial charge on any atom is -0.489 e. The Bertz CT molecular complexity index is 993. The number of hydrogen-bond acceptors (Lipinski definition) is 6. The molecule has 4 rings (SSSR count). The van der Waals surface area contributed by atoms with Crippen LogP contribution in [0.5, 0.6) is 5.75 Å². The van der Waals surface area contributed by atoms with Crippen LogP contribution >= 0.6 is 11.8 Å². The van der Waals surface area contributed by atoms with Gasteiger partial charge < -0.3 is 10.5 Å². The van der Waals surface area contributed by atoms with E-state index in [9.17, 15) is 10.1 Å². The van der Waals surface area contributed by atoms with E-state index in [4.69, 9.17) is 10.5 Å². The SMILES string of the molecule is CC(C)Oc1c(C#N)cnc2ccc(C(N)(C3CC3)C3SC=NC3=O)cc12. The van der Waals surface area contributed by atoms with Gasteiger partial charge in [-0.1, -0.05) is 17.8 Å². The van der Waals surface area contributed by atoms with Gasteiger partial charge in [-0.3, -0.25) is 9.78 Å². The summed E-state index contributed by atoms with van der Waals surface area (Å²) >= 11 is 1.38. The summed E-state index contributed by atoms with van der Waals surface area (Å²) in [6.45, 7) is 3.83. The van der Waals surface area contributed by atoms with Crippen LogP contribution in [0.15, 0.2) is 29.4 Å². The second-order valence-electron chi connectivity index (χ2n) is 7.31. The first-order valence-electron chi connectivity index (χ1n) is 8.96. The van der Waals surface area contributed by atoms with Crippen LogP contribution in [-0.2, 0) is 10.3 Å². The number of benzene rings is 1. The van der Waals surface area contributed by atoms with Crippen LogP contribution < -0.4 is 10.5 Å². The Kier molecular flexibility index (Phi) is 4.41. The van der Waals surface area contributed by atoms with Crippen LogP contribution in [0.25, 0.3) is 10.9 Å². The second kappa shape index (κ2) is 6.63. The smallest absolute Gasteiger partial charge is 0.261 e. The fourth-order valence-electron chi connectivity index (χ4n) is 3.63. The fraction of sp³-hybridized carbons (Fsp3) is 0.400. The van der Waals surface area contributed by atoms with Gasteiger partial charge in [-0.05, 0) is 50.3 Å². The molecule has 2 atom stereocenters. The number of aliphatic imine (C=N–C) groups is 1. The maximum absolute atomic E-state index is 12.3. The number of ether oxygens (including phenoxy) is 1.